The summed E-state index contributed by atoms with van der Waals surface area (Å²) in [5, 5.41) is 11.5. The van der Waals surface area contributed by atoms with Crippen molar-refractivity contribution in [2.24, 2.45) is 0 Å². The van der Waals surface area contributed by atoms with Crippen LogP contribution >= 0.6 is 0 Å². The van der Waals surface area contributed by atoms with Gasteiger partial charge in [0.25, 0.3) is 0 Å². The lowest BCUT2D eigenvalue weighted by atomic mass is 10.2. The van der Waals surface area contributed by atoms with E-state index in [-0.39, 0.29) is 5.82 Å². The van der Waals surface area contributed by atoms with Crippen LogP contribution in [0.15, 0.2) is 36.4 Å². The molecule has 2 aromatic carbocycles. The predicted molar refractivity (Wildman–Crippen MR) is 112 cm³/mol. The average Bonchev–Trinajstić information content (AvgIpc) is 3.35. The van der Waals surface area contributed by atoms with E-state index in [2.05, 4.69) is 36.4 Å². The number of halogens is 1. The Morgan fingerprint density at radius 2 is 2.00 bits per heavy atom. The van der Waals surface area contributed by atoms with Crippen LogP contribution in [0.1, 0.15) is 6.42 Å². The topological polar surface area (TPSA) is 81.9 Å². The zero-order valence-corrected chi connectivity index (χ0v) is 16.0. The van der Waals surface area contributed by atoms with E-state index in [0.717, 1.165) is 67.9 Å². The monoisotopic (exact) mass is 394 g/mol. The maximum absolute atomic E-state index is 13.4. The summed E-state index contributed by atoms with van der Waals surface area (Å²) in [6.45, 7) is 5.73. The van der Waals surface area contributed by atoms with Crippen molar-refractivity contribution >= 4 is 27.6 Å². The lowest BCUT2D eigenvalue weighted by molar-refractivity contribution is 0.0378. The SMILES string of the molecule is Fc1ccc2c(-c3nc4ccc(NCCCN5CCOCC5)cc4[nH]3)n[nH]c2c1. The van der Waals surface area contributed by atoms with Crippen LogP contribution in [0.25, 0.3) is 33.5 Å². The number of anilines is 1. The molecular formula is C21H23FN6O. The van der Waals surface area contributed by atoms with Crippen LogP contribution in [0.4, 0.5) is 10.1 Å². The second-order valence-corrected chi connectivity index (χ2v) is 7.31. The second-order valence-electron chi connectivity index (χ2n) is 7.31. The molecule has 0 spiro atoms. The summed E-state index contributed by atoms with van der Waals surface area (Å²) in [5.74, 6) is 0.379. The van der Waals surface area contributed by atoms with Gasteiger partial charge in [-0.25, -0.2) is 9.37 Å². The Labute approximate surface area is 167 Å². The molecular weight excluding hydrogens is 371 g/mol. The normalized spacial score (nSPS) is 15.3. The van der Waals surface area contributed by atoms with Crippen molar-refractivity contribution in [2.75, 3.05) is 44.7 Å². The third-order valence-corrected chi connectivity index (χ3v) is 5.32. The van der Waals surface area contributed by atoms with Crippen molar-refractivity contribution < 1.29 is 9.13 Å². The van der Waals surface area contributed by atoms with Crippen LogP contribution in [0.5, 0.6) is 0 Å². The molecule has 7 nitrogen and oxygen atoms in total. The van der Waals surface area contributed by atoms with E-state index < -0.39 is 0 Å². The standard InChI is InChI=1S/C21H23FN6O/c22-14-2-4-16-18(12-14)26-27-20(16)21-24-17-5-3-15(13-19(17)25-21)23-6-1-7-28-8-10-29-11-9-28/h2-5,12-13,23H,1,6-11H2,(H,24,25)(H,26,27). The number of hydrogen-bond donors (Lipinski definition) is 3. The molecule has 1 saturated heterocycles. The van der Waals surface area contributed by atoms with Crippen molar-refractivity contribution in [3.63, 3.8) is 0 Å². The molecule has 0 amide bonds. The maximum Gasteiger partial charge on any atom is 0.159 e. The van der Waals surface area contributed by atoms with Gasteiger partial charge in [0.2, 0.25) is 0 Å². The molecule has 0 bridgehead atoms. The fourth-order valence-electron chi connectivity index (χ4n) is 3.76. The van der Waals surface area contributed by atoms with E-state index in [1.54, 1.807) is 6.07 Å². The Morgan fingerprint density at radius 3 is 2.90 bits per heavy atom. The zero-order valence-electron chi connectivity index (χ0n) is 16.0. The van der Waals surface area contributed by atoms with Crippen LogP contribution in [-0.4, -0.2) is 64.5 Å². The van der Waals surface area contributed by atoms with Crippen LogP contribution in [0, 0.1) is 5.82 Å². The number of hydrogen-bond acceptors (Lipinski definition) is 5. The summed E-state index contributed by atoms with van der Waals surface area (Å²) in [6.07, 6.45) is 1.09. The summed E-state index contributed by atoms with van der Waals surface area (Å²) < 4.78 is 18.8. The summed E-state index contributed by atoms with van der Waals surface area (Å²) in [6, 6.07) is 10.7. The van der Waals surface area contributed by atoms with Gasteiger partial charge in [-0.2, -0.15) is 5.10 Å². The van der Waals surface area contributed by atoms with E-state index in [4.69, 9.17) is 4.74 Å². The number of benzene rings is 2. The molecule has 0 aliphatic carbocycles. The maximum atomic E-state index is 13.4. The fraction of sp³-hybridized carbons (Fsp3) is 0.333. The minimum absolute atomic E-state index is 0.290. The molecule has 1 aliphatic rings. The number of aromatic nitrogens is 4. The molecule has 1 fully saturated rings. The van der Waals surface area contributed by atoms with Crippen molar-refractivity contribution in [3.05, 3.63) is 42.2 Å². The molecule has 5 rings (SSSR count). The van der Waals surface area contributed by atoms with Gasteiger partial charge < -0.3 is 15.0 Å². The van der Waals surface area contributed by atoms with Crippen molar-refractivity contribution in [2.45, 2.75) is 6.42 Å². The van der Waals surface area contributed by atoms with Gasteiger partial charge in [0.15, 0.2) is 5.82 Å². The molecule has 0 unspecified atom stereocenters. The Morgan fingerprint density at radius 1 is 1.10 bits per heavy atom. The van der Waals surface area contributed by atoms with Crippen molar-refractivity contribution in [1.82, 2.24) is 25.1 Å². The highest BCUT2D eigenvalue weighted by Gasteiger charge is 2.13. The van der Waals surface area contributed by atoms with Crippen LogP contribution in [0.2, 0.25) is 0 Å². The van der Waals surface area contributed by atoms with Gasteiger partial charge in [-0.15, -0.1) is 0 Å². The number of nitrogens with one attached hydrogen (secondary N) is 3. The number of H-pyrrole nitrogens is 2. The lowest BCUT2D eigenvalue weighted by Crippen LogP contribution is -2.37. The number of aromatic amines is 2. The van der Waals surface area contributed by atoms with Gasteiger partial charge in [0, 0.05) is 30.7 Å². The van der Waals surface area contributed by atoms with Gasteiger partial charge >= 0.3 is 0 Å². The van der Waals surface area contributed by atoms with Crippen LogP contribution in [-0.2, 0) is 4.74 Å². The van der Waals surface area contributed by atoms with Crippen molar-refractivity contribution in [3.8, 4) is 11.5 Å². The third-order valence-electron chi connectivity index (χ3n) is 5.32. The first-order chi connectivity index (χ1) is 14.3. The van der Waals surface area contributed by atoms with E-state index in [1.165, 1.54) is 12.1 Å². The smallest absolute Gasteiger partial charge is 0.159 e. The van der Waals surface area contributed by atoms with Gasteiger partial charge in [0.1, 0.15) is 11.5 Å². The first-order valence-corrected chi connectivity index (χ1v) is 9.94. The number of imidazole rings is 1. The van der Waals surface area contributed by atoms with E-state index in [0.29, 0.717) is 17.0 Å². The summed E-state index contributed by atoms with van der Waals surface area (Å²) in [4.78, 5) is 10.4. The molecule has 29 heavy (non-hydrogen) atoms. The highest BCUT2D eigenvalue weighted by atomic mass is 19.1. The molecule has 8 heteroatoms. The number of ether oxygens (including phenoxy) is 1. The van der Waals surface area contributed by atoms with Crippen molar-refractivity contribution in [1.29, 1.82) is 0 Å². The minimum atomic E-state index is -0.290. The summed E-state index contributed by atoms with van der Waals surface area (Å²) in [5.41, 5.74) is 4.22. The average molecular weight is 394 g/mol. The molecule has 1 aliphatic heterocycles. The molecule has 3 N–H and O–H groups in total. The Balaban J connectivity index is 1.28. The summed E-state index contributed by atoms with van der Waals surface area (Å²) >= 11 is 0. The lowest BCUT2D eigenvalue weighted by Gasteiger charge is -2.26. The minimum Gasteiger partial charge on any atom is -0.385 e. The van der Waals surface area contributed by atoms with E-state index in [1.807, 2.05) is 12.1 Å². The predicted octanol–water partition coefficient (Wildman–Crippen LogP) is 3.38. The number of fused-ring (bicyclic) bond motifs is 2. The highest BCUT2D eigenvalue weighted by molar-refractivity contribution is 5.93. The third kappa shape index (κ3) is 3.81. The fourth-order valence-corrected chi connectivity index (χ4v) is 3.76. The Bertz CT molecular complexity index is 1130. The number of morpholine rings is 1. The van der Waals surface area contributed by atoms with Crippen LogP contribution in [0.3, 0.4) is 0 Å². The Hall–Kier alpha value is -2.97. The van der Waals surface area contributed by atoms with E-state index >= 15 is 0 Å². The first kappa shape index (κ1) is 18.1. The largest absolute Gasteiger partial charge is 0.385 e. The Kier molecular flexibility index (Phi) is 4.87. The summed E-state index contributed by atoms with van der Waals surface area (Å²) in [7, 11) is 0. The molecule has 3 heterocycles. The highest BCUT2D eigenvalue weighted by Crippen LogP contribution is 2.27. The molecule has 0 radical (unpaired) electrons. The number of rotatable bonds is 6. The molecule has 150 valence electrons. The second kappa shape index (κ2) is 7.81. The van der Waals surface area contributed by atoms with Gasteiger partial charge in [-0.1, -0.05) is 0 Å². The quantitative estimate of drug-likeness (QED) is 0.437. The first-order valence-electron chi connectivity index (χ1n) is 9.94. The zero-order chi connectivity index (χ0) is 19.6. The molecule has 4 aromatic rings. The van der Waals surface area contributed by atoms with Crippen LogP contribution < -0.4 is 5.32 Å². The van der Waals surface area contributed by atoms with E-state index in [9.17, 15) is 4.39 Å². The number of nitrogens with zero attached hydrogens (tertiary/aromatic N) is 3. The van der Waals surface area contributed by atoms with Gasteiger partial charge in [-0.05, 0) is 49.4 Å². The van der Waals surface area contributed by atoms with Gasteiger partial charge in [-0.3, -0.25) is 10.00 Å². The molecule has 0 atom stereocenters. The van der Waals surface area contributed by atoms with Gasteiger partial charge in [0.05, 0.1) is 29.8 Å². The molecule has 2 aromatic heterocycles. The molecule has 0 saturated carbocycles.